The highest BCUT2D eigenvalue weighted by Gasteiger charge is 2.36. The lowest BCUT2D eigenvalue weighted by atomic mass is 10.1. The van der Waals surface area contributed by atoms with E-state index in [9.17, 15) is 17.6 Å². The number of aromatic nitrogens is 3. The quantitative estimate of drug-likeness (QED) is 0.517. The van der Waals surface area contributed by atoms with Crippen LogP contribution in [0.3, 0.4) is 0 Å². The van der Waals surface area contributed by atoms with E-state index < -0.39 is 11.7 Å². The minimum atomic E-state index is -4.47. The molecule has 3 aromatic rings. The van der Waals surface area contributed by atoms with Crippen LogP contribution in [0.25, 0.3) is 11.3 Å². The van der Waals surface area contributed by atoms with Gasteiger partial charge in [0.15, 0.2) is 0 Å². The maximum absolute atomic E-state index is 13.9. The molecular formula is C24H24F4N6O. The maximum atomic E-state index is 13.9. The van der Waals surface area contributed by atoms with Gasteiger partial charge in [-0.25, -0.2) is 14.4 Å². The Bertz CT molecular complexity index is 1180. The fraction of sp³-hybridized carbons (Fsp3) is 0.375. The molecule has 0 spiro atoms. The van der Waals surface area contributed by atoms with E-state index in [2.05, 4.69) is 9.97 Å². The Kier molecular flexibility index (Phi) is 6.42. The standard InChI is InChI=1S/C24H24F4N6O/c25-18-4-1-3-17(15-18)20-16-21(31-23(30-20)34-11-13-35-14-12-34)32-7-9-33(10-8-32)22-19(24(26,27)28)5-2-6-29-22/h1-6,15-16H,7-14H2. The monoisotopic (exact) mass is 488 g/mol. The molecule has 0 radical (unpaired) electrons. The van der Waals surface area contributed by atoms with Crippen LogP contribution in [0.15, 0.2) is 48.7 Å². The minimum absolute atomic E-state index is 0.0585. The van der Waals surface area contributed by atoms with Crippen molar-refractivity contribution in [3.8, 4) is 11.3 Å². The number of hydrogen-bond donors (Lipinski definition) is 0. The number of pyridine rings is 1. The van der Waals surface area contributed by atoms with E-state index in [0.717, 1.165) is 6.07 Å². The summed E-state index contributed by atoms with van der Waals surface area (Å²) in [4.78, 5) is 19.1. The van der Waals surface area contributed by atoms with Crippen LogP contribution >= 0.6 is 0 Å². The third kappa shape index (κ3) is 5.14. The Morgan fingerprint density at radius 2 is 1.54 bits per heavy atom. The molecule has 2 fully saturated rings. The van der Waals surface area contributed by atoms with Crippen molar-refractivity contribution in [1.82, 2.24) is 15.0 Å². The predicted octanol–water partition coefficient (Wildman–Crippen LogP) is 3.86. The van der Waals surface area contributed by atoms with Crippen molar-refractivity contribution in [3.63, 3.8) is 0 Å². The second-order valence-corrected chi connectivity index (χ2v) is 8.37. The molecular weight excluding hydrogens is 464 g/mol. The average Bonchev–Trinajstić information content (AvgIpc) is 2.88. The molecule has 2 aliphatic heterocycles. The number of anilines is 3. The first-order valence-electron chi connectivity index (χ1n) is 11.4. The summed E-state index contributed by atoms with van der Waals surface area (Å²) in [6.07, 6.45) is -3.10. The summed E-state index contributed by atoms with van der Waals surface area (Å²) >= 11 is 0. The first kappa shape index (κ1) is 23.3. The van der Waals surface area contributed by atoms with Gasteiger partial charge in [0, 0.05) is 57.1 Å². The highest BCUT2D eigenvalue weighted by molar-refractivity contribution is 5.65. The second kappa shape index (κ2) is 9.65. The lowest BCUT2D eigenvalue weighted by Crippen LogP contribution is -2.48. The molecule has 0 saturated carbocycles. The first-order valence-corrected chi connectivity index (χ1v) is 11.4. The fourth-order valence-corrected chi connectivity index (χ4v) is 4.30. The summed E-state index contributed by atoms with van der Waals surface area (Å²) in [5.41, 5.74) is 0.478. The molecule has 184 valence electrons. The van der Waals surface area contributed by atoms with Crippen LogP contribution in [0.1, 0.15) is 5.56 Å². The molecule has 0 atom stereocenters. The first-order chi connectivity index (χ1) is 16.9. The number of morpholine rings is 1. The summed E-state index contributed by atoms with van der Waals surface area (Å²) in [5.74, 6) is 0.755. The molecule has 5 rings (SSSR count). The SMILES string of the molecule is Fc1cccc(-c2cc(N3CCN(c4ncccc4C(F)(F)F)CC3)nc(N3CCOCC3)n2)c1. The fourth-order valence-electron chi connectivity index (χ4n) is 4.30. The molecule has 2 aromatic heterocycles. The smallest absolute Gasteiger partial charge is 0.378 e. The van der Waals surface area contributed by atoms with Gasteiger partial charge in [-0.3, -0.25) is 0 Å². The molecule has 7 nitrogen and oxygen atoms in total. The maximum Gasteiger partial charge on any atom is 0.419 e. The highest BCUT2D eigenvalue weighted by Crippen LogP contribution is 2.36. The third-order valence-electron chi connectivity index (χ3n) is 6.11. The molecule has 2 saturated heterocycles. The van der Waals surface area contributed by atoms with Gasteiger partial charge in [0.2, 0.25) is 5.95 Å². The molecule has 35 heavy (non-hydrogen) atoms. The van der Waals surface area contributed by atoms with E-state index in [1.165, 1.54) is 24.4 Å². The molecule has 1 aromatic carbocycles. The molecule has 0 amide bonds. The molecule has 0 aliphatic carbocycles. The van der Waals surface area contributed by atoms with Crippen LogP contribution in [-0.2, 0) is 10.9 Å². The van der Waals surface area contributed by atoms with Gasteiger partial charge in [-0.15, -0.1) is 0 Å². The van der Waals surface area contributed by atoms with Gasteiger partial charge in [0.1, 0.15) is 17.5 Å². The van der Waals surface area contributed by atoms with Crippen LogP contribution in [0.2, 0.25) is 0 Å². The van der Waals surface area contributed by atoms with Crippen LogP contribution in [-0.4, -0.2) is 67.4 Å². The number of alkyl halides is 3. The van der Waals surface area contributed by atoms with Gasteiger partial charge in [0.25, 0.3) is 0 Å². The number of ether oxygens (including phenoxy) is 1. The molecule has 0 N–H and O–H groups in total. The average molecular weight is 488 g/mol. The van der Waals surface area contributed by atoms with Gasteiger partial charge in [-0.1, -0.05) is 12.1 Å². The normalized spacial score (nSPS) is 17.1. The Hall–Kier alpha value is -3.47. The highest BCUT2D eigenvalue weighted by atomic mass is 19.4. The van der Waals surface area contributed by atoms with Gasteiger partial charge in [0.05, 0.1) is 24.5 Å². The van der Waals surface area contributed by atoms with Crippen molar-refractivity contribution in [2.75, 3.05) is 67.2 Å². The number of piperazine rings is 1. The number of hydrogen-bond acceptors (Lipinski definition) is 7. The summed E-state index contributed by atoms with van der Waals surface area (Å²) in [5, 5.41) is 0. The van der Waals surface area contributed by atoms with Gasteiger partial charge in [-0.2, -0.15) is 18.2 Å². The topological polar surface area (TPSA) is 57.6 Å². The summed E-state index contributed by atoms with van der Waals surface area (Å²) < 4.78 is 59.7. The second-order valence-electron chi connectivity index (χ2n) is 8.37. The lowest BCUT2D eigenvalue weighted by Gasteiger charge is -2.37. The van der Waals surface area contributed by atoms with Crippen LogP contribution < -0.4 is 14.7 Å². The number of halogens is 4. The molecule has 0 unspecified atom stereocenters. The van der Waals surface area contributed by atoms with Crippen molar-refractivity contribution in [2.45, 2.75) is 6.18 Å². The summed E-state index contributed by atoms with van der Waals surface area (Å²) in [6.45, 7) is 4.02. The zero-order valence-corrected chi connectivity index (χ0v) is 18.9. The van der Waals surface area contributed by atoms with E-state index in [0.29, 0.717) is 75.5 Å². The summed E-state index contributed by atoms with van der Waals surface area (Å²) in [6, 6.07) is 10.4. The van der Waals surface area contributed by atoms with Crippen molar-refractivity contribution in [3.05, 3.63) is 60.0 Å². The van der Waals surface area contributed by atoms with Crippen molar-refractivity contribution >= 4 is 17.6 Å². The van der Waals surface area contributed by atoms with Crippen LogP contribution in [0, 0.1) is 5.82 Å². The van der Waals surface area contributed by atoms with Crippen molar-refractivity contribution < 1.29 is 22.3 Å². The van der Waals surface area contributed by atoms with Crippen LogP contribution in [0.5, 0.6) is 0 Å². The molecule has 4 heterocycles. The summed E-state index contributed by atoms with van der Waals surface area (Å²) in [7, 11) is 0. The Labute approximate surface area is 200 Å². The number of nitrogens with zero attached hydrogens (tertiary/aromatic N) is 6. The van der Waals surface area contributed by atoms with Crippen molar-refractivity contribution in [1.29, 1.82) is 0 Å². The zero-order chi connectivity index (χ0) is 24.4. The largest absolute Gasteiger partial charge is 0.419 e. The van der Waals surface area contributed by atoms with Crippen molar-refractivity contribution in [2.24, 2.45) is 0 Å². The Morgan fingerprint density at radius 1 is 0.800 bits per heavy atom. The van der Waals surface area contributed by atoms with E-state index in [4.69, 9.17) is 9.72 Å². The third-order valence-corrected chi connectivity index (χ3v) is 6.11. The number of rotatable bonds is 4. The molecule has 0 bridgehead atoms. The van der Waals surface area contributed by atoms with Gasteiger partial charge >= 0.3 is 6.18 Å². The lowest BCUT2D eigenvalue weighted by molar-refractivity contribution is -0.137. The predicted molar refractivity (Wildman–Crippen MR) is 124 cm³/mol. The van der Waals surface area contributed by atoms with E-state index in [1.807, 2.05) is 9.80 Å². The van der Waals surface area contributed by atoms with E-state index in [-0.39, 0.29) is 11.6 Å². The number of benzene rings is 1. The zero-order valence-electron chi connectivity index (χ0n) is 18.9. The van der Waals surface area contributed by atoms with E-state index >= 15 is 0 Å². The Balaban J connectivity index is 1.42. The minimum Gasteiger partial charge on any atom is -0.378 e. The van der Waals surface area contributed by atoms with E-state index in [1.54, 1.807) is 23.1 Å². The molecule has 11 heteroatoms. The van der Waals surface area contributed by atoms with Crippen LogP contribution in [0.4, 0.5) is 35.1 Å². The van der Waals surface area contributed by atoms with Gasteiger partial charge < -0.3 is 19.4 Å². The van der Waals surface area contributed by atoms with Gasteiger partial charge in [-0.05, 0) is 24.3 Å². The molecule has 2 aliphatic rings. The Morgan fingerprint density at radius 3 is 2.26 bits per heavy atom.